The Morgan fingerprint density at radius 2 is 1.83 bits per heavy atom. The summed E-state index contributed by atoms with van der Waals surface area (Å²) in [6.07, 6.45) is -4.45. The van der Waals surface area contributed by atoms with Gasteiger partial charge >= 0.3 is 6.18 Å². The fourth-order valence-corrected chi connectivity index (χ4v) is 1.95. The molecular weight excluding hydrogens is 325 g/mol. The third-order valence-electron chi connectivity index (χ3n) is 3.27. The molecule has 0 aliphatic heterocycles. The zero-order valence-corrected chi connectivity index (χ0v) is 12.9. The number of amides is 2. The van der Waals surface area contributed by atoms with Gasteiger partial charge in [-0.15, -0.1) is 0 Å². The number of hydrogen-bond acceptors (Lipinski definition) is 3. The molecule has 128 valence electrons. The lowest BCUT2D eigenvalue weighted by Crippen LogP contribution is -2.24. The molecule has 1 aromatic heterocycles. The number of carbonyl (C=O) groups is 2. The van der Waals surface area contributed by atoms with Gasteiger partial charge in [-0.1, -0.05) is 0 Å². The van der Waals surface area contributed by atoms with Gasteiger partial charge < -0.3 is 10.6 Å². The number of anilines is 1. The first-order valence-electron chi connectivity index (χ1n) is 6.94. The minimum atomic E-state index is -4.45. The van der Waals surface area contributed by atoms with Gasteiger partial charge in [-0.25, -0.2) is 0 Å². The topological polar surface area (TPSA) is 76.0 Å². The molecule has 0 bridgehead atoms. The molecule has 1 aromatic carbocycles. The van der Waals surface area contributed by atoms with Crippen LogP contribution in [-0.4, -0.2) is 28.6 Å². The molecule has 9 heteroatoms. The normalized spacial score (nSPS) is 11.2. The van der Waals surface area contributed by atoms with Crippen LogP contribution in [0.25, 0.3) is 0 Å². The summed E-state index contributed by atoms with van der Waals surface area (Å²) < 4.78 is 38.9. The minimum Gasteiger partial charge on any atom is -0.358 e. The van der Waals surface area contributed by atoms with Crippen LogP contribution in [0.5, 0.6) is 0 Å². The molecule has 0 saturated heterocycles. The van der Waals surface area contributed by atoms with Gasteiger partial charge in [0, 0.05) is 24.4 Å². The molecule has 2 N–H and O–H groups in total. The molecule has 0 aliphatic rings. The third-order valence-corrected chi connectivity index (χ3v) is 3.27. The summed E-state index contributed by atoms with van der Waals surface area (Å²) in [5.41, 5.74) is -0.104. The van der Waals surface area contributed by atoms with E-state index in [1.807, 2.05) is 0 Å². The van der Waals surface area contributed by atoms with E-state index in [-0.39, 0.29) is 23.8 Å². The summed E-state index contributed by atoms with van der Waals surface area (Å²) in [5, 5.41) is 9.00. The van der Waals surface area contributed by atoms with E-state index in [4.69, 9.17) is 0 Å². The highest BCUT2D eigenvalue weighted by atomic mass is 19.4. The van der Waals surface area contributed by atoms with Crippen molar-refractivity contribution in [3.63, 3.8) is 0 Å². The van der Waals surface area contributed by atoms with Crippen LogP contribution in [0.3, 0.4) is 0 Å². The van der Waals surface area contributed by atoms with Gasteiger partial charge in [0.25, 0.3) is 5.91 Å². The van der Waals surface area contributed by atoms with E-state index in [2.05, 4.69) is 15.7 Å². The van der Waals surface area contributed by atoms with Crippen LogP contribution in [0.1, 0.15) is 21.6 Å². The zero-order chi connectivity index (χ0) is 17.9. The molecule has 1 heterocycles. The number of nitrogens with one attached hydrogen (secondary N) is 2. The van der Waals surface area contributed by atoms with Crippen LogP contribution < -0.4 is 10.6 Å². The van der Waals surface area contributed by atoms with Crippen molar-refractivity contribution >= 4 is 17.6 Å². The van der Waals surface area contributed by atoms with Gasteiger partial charge in [-0.3, -0.25) is 14.3 Å². The summed E-state index contributed by atoms with van der Waals surface area (Å²) >= 11 is 0. The van der Waals surface area contributed by atoms with Gasteiger partial charge in [-0.2, -0.15) is 18.3 Å². The summed E-state index contributed by atoms with van der Waals surface area (Å²) in [4.78, 5) is 23.4. The Bertz CT molecular complexity index is 751. The Labute approximate surface area is 135 Å². The van der Waals surface area contributed by atoms with E-state index in [1.54, 1.807) is 13.0 Å². The third kappa shape index (κ3) is 4.12. The Morgan fingerprint density at radius 1 is 1.21 bits per heavy atom. The van der Waals surface area contributed by atoms with Gasteiger partial charge in [0.15, 0.2) is 5.82 Å². The molecule has 0 atom stereocenters. The van der Waals surface area contributed by atoms with Crippen molar-refractivity contribution in [2.75, 3.05) is 12.4 Å². The summed E-state index contributed by atoms with van der Waals surface area (Å²) in [7, 11) is 1.49. The number of halogens is 3. The second-order valence-electron chi connectivity index (χ2n) is 5.03. The van der Waals surface area contributed by atoms with E-state index in [0.717, 1.165) is 24.3 Å². The predicted octanol–water partition coefficient (Wildman–Crippen LogP) is 2.21. The van der Waals surface area contributed by atoms with Crippen molar-refractivity contribution in [3.8, 4) is 0 Å². The standard InChI is InChI=1S/C15H15F3N4O2/c1-9-7-12(21-22(9)8-13(23)19-2)20-14(24)10-3-5-11(6-4-10)15(16,17)18/h3-7H,8H2,1-2H3,(H,19,23)(H,20,21,24). The maximum atomic E-state index is 12.5. The van der Waals surface area contributed by atoms with E-state index < -0.39 is 17.6 Å². The molecule has 0 fully saturated rings. The van der Waals surface area contributed by atoms with Crippen molar-refractivity contribution in [2.24, 2.45) is 0 Å². The van der Waals surface area contributed by atoms with E-state index in [1.165, 1.54) is 11.7 Å². The van der Waals surface area contributed by atoms with Gasteiger partial charge in [-0.05, 0) is 31.2 Å². The van der Waals surface area contributed by atoms with E-state index >= 15 is 0 Å². The molecular formula is C15H15F3N4O2. The lowest BCUT2D eigenvalue weighted by Gasteiger charge is -2.07. The summed E-state index contributed by atoms with van der Waals surface area (Å²) in [6.45, 7) is 1.71. The number of benzene rings is 1. The Balaban J connectivity index is 2.09. The number of aryl methyl sites for hydroxylation is 1. The lowest BCUT2D eigenvalue weighted by atomic mass is 10.1. The molecule has 0 radical (unpaired) electrons. The maximum Gasteiger partial charge on any atom is 0.416 e. The molecule has 0 aliphatic carbocycles. The van der Waals surface area contributed by atoms with Gasteiger partial charge in [0.2, 0.25) is 5.91 Å². The number of likely N-dealkylation sites (N-methyl/N-ethyl adjacent to an activating group) is 1. The van der Waals surface area contributed by atoms with Crippen molar-refractivity contribution in [1.29, 1.82) is 0 Å². The first kappa shape index (κ1) is 17.5. The molecule has 24 heavy (non-hydrogen) atoms. The number of nitrogens with zero attached hydrogens (tertiary/aromatic N) is 2. The van der Waals surface area contributed by atoms with Gasteiger partial charge in [0.05, 0.1) is 5.56 Å². The molecule has 0 spiro atoms. The van der Waals surface area contributed by atoms with E-state index in [9.17, 15) is 22.8 Å². The second kappa shape index (κ2) is 6.73. The minimum absolute atomic E-state index is 0.00150. The van der Waals surface area contributed by atoms with Crippen molar-refractivity contribution in [2.45, 2.75) is 19.6 Å². The fraction of sp³-hybridized carbons (Fsp3) is 0.267. The first-order valence-corrected chi connectivity index (χ1v) is 6.94. The molecule has 2 rings (SSSR count). The largest absolute Gasteiger partial charge is 0.416 e. The second-order valence-corrected chi connectivity index (χ2v) is 5.03. The lowest BCUT2D eigenvalue weighted by molar-refractivity contribution is -0.137. The number of alkyl halides is 3. The number of carbonyl (C=O) groups excluding carboxylic acids is 2. The van der Waals surface area contributed by atoms with Crippen molar-refractivity contribution in [3.05, 3.63) is 47.2 Å². The number of aromatic nitrogens is 2. The van der Waals surface area contributed by atoms with Crippen LogP contribution in [-0.2, 0) is 17.5 Å². The molecule has 0 unspecified atom stereocenters. The van der Waals surface area contributed by atoms with Crippen molar-refractivity contribution < 1.29 is 22.8 Å². The van der Waals surface area contributed by atoms with Crippen LogP contribution >= 0.6 is 0 Å². The number of rotatable bonds is 4. The number of hydrogen-bond donors (Lipinski definition) is 2. The van der Waals surface area contributed by atoms with Crippen LogP contribution in [0, 0.1) is 6.92 Å². The maximum absolute atomic E-state index is 12.5. The average Bonchev–Trinajstić information content (AvgIpc) is 2.85. The van der Waals surface area contributed by atoms with Crippen molar-refractivity contribution in [1.82, 2.24) is 15.1 Å². The highest BCUT2D eigenvalue weighted by Crippen LogP contribution is 2.29. The highest BCUT2D eigenvalue weighted by Gasteiger charge is 2.30. The predicted molar refractivity (Wildman–Crippen MR) is 80.4 cm³/mol. The molecule has 2 aromatic rings. The average molecular weight is 340 g/mol. The Hall–Kier alpha value is -2.84. The van der Waals surface area contributed by atoms with E-state index in [0.29, 0.717) is 5.69 Å². The highest BCUT2D eigenvalue weighted by molar-refractivity contribution is 6.03. The van der Waals surface area contributed by atoms with Crippen LogP contribution in [0.4, 0.5) is 19.0 Å². The summed E-state index contributed by atoms with van der Waals surface area (Å²) in [6, 6.07) is 5.42. The smallest absolute Gasteiger partial charge is 0.358 e. The van der Waals surface area contributed by atoms with Gasteiger partial charge in [0.1, 0.15) is 6.54 Å². The van der Waals surface area contributed by atoms with Crippen LogP contribution in [0.15, 0.2) is 30.3 Å². The quantitative estimate of drug-likeness (QED) is 0.896. The SMILES string of the molecule is CNC(=O)Cn1nc(NC(=O)c2ccc(C(F)(F)F)cc2)cc1C. The zero-order valence-electron chi connectivity index (χ0n) is 12.9. The molecule has 6 nitrogen and oxygen atoms in total. The Kier molecular flexibility index (Phi) is 4.91. The molecule has 0 saturated carbocycles. The Morgan fingerprint density at radius 3 is 2.38 bits per heavy atom. The van der Waals surface area contributed by atoms with Crippen LogP contribution in [0.2, 0.25) is 0 Å². The fourth-order valence-electron chi connectivity index (χ4n) is 1.95. The monoisotopic (exact) mass is 340 g/mol. The molecule has 2 amide bonds. The summed E-state index contributed by atoms with van der Waals surface area (Å²) in [5.74, 6) is -0.628. The first-order chi connectivity index (χ1) is 11.2.